The first-order valence-corrected chi connectivity index (χ1v) is 9.39. The van der Waals surface area contributed by atoms with E-state index < -0.39 is 30.8 Å². The van der Waals surface area contributed by atoms with Crippen molar-refractivity contribution in [1.82, 2.24) is 5.32 Å². The zero-order chi connectivity index (χ0) is 21.7. The highest BCUT2D eigenvalue weighted by atomic mass is 19.3. The van der Waals surface area contributed by atoms with Gasteiger partial charge in [0.1, 0.15) is 18.5 Å². The maximum absolute atomic E-state index is 13.3. The van der Waals surface area contributed by atoms with Gasteiger partial charge in [0.05, 0.1) is 6.61 Å². The van der Waals surface area contributed by atoms with Crippen LogP contribution >= 0.6 is 0 Å². The Kier molecular flexibility index (Phi) is 6.91. The molecular weight excluding hydrogens is 407 g/mol. The summed E-state index contributed by atoms with van der Waals surface area (Å²) in [6.45, 7) is -1.70. The van der Waals surface area contributed by atoms with Crippen molar-refractivity contribution in [3.05, 3.63) is 65.5 Å². The van der Waals surface area contributed by atoms with Crippen molar-refractivity contribution < 1.29 is 31.5 Å². The maximum atomic E-state index is 13.3. The zero-order valence-corrected chi connectivity index (χ0v) is 15.9. The molecule has 0 radical (unpaired) electrons. The van der Waals surface area contributed by atoms with E-state index in [2.05, 4.69) is 10.6 Å². The number of hydrogen-bond donors (Lipinski definition) is 2. The van der Waals surface area contributed by atoms with Crippen molar-refractivity contribution in [3.63, 3.8) is 0 Å². The summed E-state index contributed by atoms with van der Waals surface area (Å²) in [5, 5.41) is 5.94. The Morgan fingerprint density at radius 2 is 1.83 bits per heavy atom. The van der Waals surface area contributed by atoms with Crippen LogP contribution in [-0.4, -0.2) is 30.9 Å². The molecular formula is C21H21F5N2O2. The van der Waals surface area contributed by atoms with Crippen molar-refractivity contribution in [1.29, 1.82) is 0 Å². The third-order valence-electron chi connectivity index (χ3n) is 4.51. The molecule has 1 aliphatic carbocycles. The van der Waals surface area contributed by atoms with Gasteiger partial charge >= 0.3 is 12.3 Å². The average Bonchev–Trinajstić information content (AvgIpc) is 3.51. The van der Waals surface area contributed by atoms with Gasteiger partial charge in [-0.1, -0.05) is 24.3 Å². The van der Waals surface area contributed by atoms with Crippen LogP contribution in [0, 0.1) is 5.82 Å². The molecule has 3 rings (SSSR count). The van der Waals surface area contributed by atoms with Crippen molar-refractivity contribution in [3.8, 4) is 0 Å². The first kappa shape index (κ1) is 22.0. The van der Waals surface area contributed by atoms with Crippen LogP contribution in [0.2, 0.25) is 0 Å². The second-order valence-electron chi connectivity index (χ2n) is 7.17. The minimum atomic E-state index is -4.22. The smallest absolute Gasteiger partial charge is 0.330 e. The minimum Gasteiger partial charge on any atom is -0.370 e. The van der Waals surface area contributed by atoms with Crippen molar-refractivity contribution in [2.75, 3.05) is 11.9 Å². The fourth-order valence-corrected chi connectivity index (χ4v) is 2.75. The van der Waals surface area contributed by atoms with Crippen LogP contribution in [-0.2, 0) is 16.1 Å². The average molecular weight is 428 g/mol. The third kappa shape index (κ3) is 6.16. The van der Waals surface area contributed by atoms with Gasteiger partial charge in [-0.25, -0.2) is 13.2 Å². The van der Waals surface area contributed by atoms with E-state index in [1.807, 2.05) is 0 Å². The van der Waals surface area contributed by atoms with Crippen LogP contribution in [0.5, 0.6) is 0 Å². The Balaban J connectivity index is 1.68. The number of benzene rings is 2. The Labute approximate surface area is 170 Å². The topological polar surface area (TPSA) is 50.4 Å². The largest absolute Gasteiger partial charge is 0.370 e. The molecule has 2 aromatic carbocycles. The highest BCUT2D eigenvalue weighted by Gasteiger charge is 2.40. The maximum Gasteiger partial charge on any atom is 0.330 e. The van der Waals surface area contributed by atoms with Gasteiger partial charge in [0.2, 0.25) is 5.91 Å². The summed E-state index contributed by atoms with van der Waals surface area (Å²) in [4.78, 5) is 12.7. The van der Waals surface area contributed by atoms with Crippen molar-refractivity contribution in [2.24, 2.45) is 0 Å². The van der Waals surface area contributed by atoms with Gasteiger partial charge in [0, 0.05) is 11.7 Å². The quantitative estimate of drug-likeness (QED) is 0.541. The predicted octanol–water partition coefficient (Wildman–Crippen LogP) is 4.67. The number of alkyl halides is 4. The number of amides is 1. The molecule has 1 saturated carbocycles. The monoisotopic (exact) mass is 428 g/mol. The lowest BCUT2D eigenvalue weighted by atomic mass is 10.0. The van der Waals surface area contributed by atoms with Gasteiger partial charge in [-0.15, -0.1) is 0 Å². The van der Waals surface area contributed by atoms with E-state index in [4.69, 9.17) is 4.74 Å². The molecule has 9 heteroatoms. The molecule has 0 bridgehead atoms. The van der Waals surface area contributed by atoms with E-state index in [0.717, 1.165) is 12.8 Å². The number of carbonyl (C=O) groups is 1. The van der Waals surface area contributed by atoms with Crippen LogP contribution in [0.15, 0.2) is 48.5 Å². The molecule has 30 heavy (non-hydrogen) atoms. The summed E-state index contributed by atoms with van der Waals surface area (Å²) in [6, 6.07) is 11.3. The molecule has 0 spiro atoms. The Bertz CT molecular complexity index is 857. The Morgan fingerprint density at radius 3 is 2.47 bits per heavy atom. The second-order valence-corrected chi connectivity index (χ2v) is 7.17. The third-order valence-corrected chi connectivity index (χ3v) is 4.51. The molecule has 2 N–H and O–H groups in total. The fourth-order valence-electron chi connectivity index (χ4n) is 2.75. The summed E-state index contributed by atoms with van der Waals surface area (Å²) in [6.07, 6.45) is -2.00. The molecule has 2 aromatic rings. The molecule has 162 valence electrons. The van der Waals surface area contributed by atoms with E-state index in [-0.39, 0.29) is 18.6 Å². The molecule has 1 atom stereocenters. The molecule has 0 heterocycles. The Morgan fingerprint density at radius 1 is 1.13 bits per heavy atom. The molecule has 0 aliphatic heterocycles. The number of anilines is 1. The first-order valence-electron chi connectivity index (χ1n) is 9.39. The lowest BCUT2D eigenvalue weighted by molar-refractivity contribution is -0.168. The highest BCUT2D eigenvalue weighted by molar-refractivity contribution is 5.86. The fraction of sp³-hybridized carbons (Fsp3) is 0.381. The van der Waals surface area contributed by atoms with Crippen LogP contribution in [0.25, 0.3) is 0 Å². The normalized spacial score (nSPS) is 15.1. The van der Waals surface area contributed by atoms with E-state index in [1.54, 1.807) is 24.3 Å². The number of nitrogens with one attached hydrogen (secondary N) is 2. The number of rotatable bonds is 10. The van der Waals surface area contributed by atoms with Gasteiger partial charge in [-0.2, -0.15) is 8.78 Å². The molecule has 4 nitrogen and oxygen atoms in total. The first-order chi connectivity index (χ1) is 14.2. The standard InChI is InChI=1S/C21H21F5N2O2/c22-15-6-4-14(5-7-15)18(19(29)28-16-8-9-16)27-17-3-1-2-13(10-17)11-30-12-21(25,26)20(23)24/h1-7,10,16,18,20,27H,8-9,11-12H2,(H,28,29). The van der Waals surface area contributed by atoms with Gasteiger partial charge in [0.15, 0.2) is 0 Å². The Hall–Kier alpha value is -2.68. The van der Waals surface area contributed by atoms with E-state index in [1.165, 1.54) is 24.3 Å². The van der Waals surface area contributed by atoms with Gasteiger partial charge in [-0.05, 0) is 48.2 Å². The predicted molar refractivity (Wildman–Crippen MR) is 101 cm³/mol. The van der Waals surface area contributed by atoms with Crippen molar-refractivity contribution in [2.45, 2.75) is 43.9 Å². The SMILES string of the molecule is O=C(NC1CC1)C(Nc1cccc(COCC(F)(F)C(F)F)c1)c1ccc(F)cc1. The summed E-state index contributed by atoms with van der Waals surface area (Å²) >= 11 is 0. The lowest BCUT2D eigenvalue weighted by Gasteiger charge is -2.20. The van der Waals surface area contributed by atoms with E-state index in [0.29, 0.717) is 16.8 Å². The van der Waals surface area contributed by atoms with Crippen LogP contribution in [0.1, 0.15) is 30.0 Å². The van der Waals surface area contributed by atoms with Gasteiger partial charge in [-0.3, -0.25) is 4.79 Å². The number of ether oxygens (including phenoxy) is 1. The molecule has 0 saturated heterocycles. The minimum absolute atomic E-state index is 0.124. The highest BCUT2D eigenvalue weighted by Crippen LogP contribution is 2.26. The zero-order valence-electron chi connectivity index (χ0n) is 15.9. The summed E-state index contributed by atoms with van der Waals surface area (Å²) in [7, 11) is 0. The molecule has 0 aromatic heterocycles. The van der Waals surface area contributed by atoms with Crippen LogP contribution in [0.3, 0.4) is 0 Å². The summed E-state index contributed by atoms with van der Waals surface area (Å²) < 4.78 is 68.3. The second kappa shape index (κ2) is 9.42. The van der Waals surface area contributed by atoms with Gasteiger partial charge in [0.25, 0.3) is 0 Å². The van der Waals surface area contributed by atoms with Crippen molar-refractivity contribution >= 4 is 11.6 Å². The van der Waals surface area contributed by atoms with E-state index >= 15 is 0 Å². The van der Waals surface area contributed by atoms with E-state index in [9.17, 15) is 26.7 Å². The van der Waals surface area contributed by atoms with Gasteiger partial charge < -0.3 is 15.4 Å². The molecule has 1 unspecified atom stereocenters. The number of halogens is 5. The van der Waals surface area contributed by atoms with Crippen LogP contribution < -0.4 is 10.6 Å². The summed E-state index contributed by atoms with van der Waals surface area (Å²) in [5.74, 6) is -4.92. The molecule has 1 amide bonds. The number of hydrogen-bond acceptors (Lipinski definition) is 3. The number of carbonyl (C=O) groups excluding carboxylic acids is 1. The summed E-state index contributed by atoms with van der Waals surface area (Å²) in [5.41, 5.74) is 1.51. The lowest BCUT2D eigenvalue weighted by Crippen LogP contribution is -2.34. The van der Waals surface area contributed by atoms with Crippen LogP contribution in [0.4, 0.5) is 27.6 Å². The molecule has 1 fully saturated rings. The molecule has 1 aliphatic rings.